The normalized spacial score (nSPS) is 22.1. The summed E-state index contributed by atoms with van der Waals surface area (Å²) in [7, 11) is 5.60. The lowest BCUT2D eigenvalue weighted by Gasteiger charge is -2.17. The lowest BCUT2D eigenvalue weighted by Crippen LogP contribution is -1.97. The van der Waals surface area contributed by atoms with Gasteiger partial charge in [-0.25, -0.2) is 0 Å². The Morgan fingerprint density at radius 1 is 0.643 bits per heavy atom. The highest BCUT2D eigenvalue weighted by atomic mass is 31.0. The maximum atomic E-state index is 2.80. The van der Waals surface area contributed by atoms with Crippen LogP contribution in [0.15, 0.2) is 46.1 Å². The first kappa shape index (κ1) is 10.3. The highest BCUT2D eigenvalue weighted by Crippen LogP contribution is 2.32. The molecule has 0 amide bonds. The third-order valence-electron chi connectivity index (χ3n) is 2.78. The first-order valence-corrected chi connectivity index (χ1v) is 6.22. The summed E-state index contributed by atoms with van der Waals surface area (Å²) in [4.78, 5) is 0. The van der Waals surface area contributed by atoms with Crippen LogP contribution in [-0.4, -0.2) is 0 Å². The molecule has 0 fully saturated rings. The van der Waals surface area contributed by atoms with E-state index in [4.69, 9.17) is 0 Å². The molecule has 0 nitrogen and oxygen atoms in total. The fraction of sp³-hybridized carbons (Fsp3) is 0.333. The van der Waals surface area contributed by atoms with Crippen molar-refractivity contribution in [3.8, 4) is 0 Å². The molecule has 2 heteroatoms. The van der Waals surface area contributed by atoms with E-state index in [0.29, 0.717) is 0 Å². The standard InChI is InChI=1S/C12H16P2/c13-11-5-1-9(2-6-11)10-3-7-12(14)8-4-10/h1,3,5,7H,2,4,6,8,13-14H2. The lowest BCUT2D eigenvalue weighted by molar-refractivity contribution is 0.888. The summed E-state index contributed by atoms with van der Waals surface area (Å²) < 4.78 is 0. The molecule has 0 radical (unpaired) electrons. The monoisotopic (exact) mass is 222 g/mol. The molecule has 0 spiro atoms. The Hall–Kier alpha value is -0.180. The summed E-state index contributed by atoms with van der Waals surface area (Å²) >= 11 is 0. The van der Waals surface area contributed by atoms with E-state index in [2.05, 4.69) is 42.8 Å². The largest absolute Gasteiger partial charge is 0.110 e. The van der Waals surface area contributed by atoms with Gasteiger partial charge in [0, 0.05) is 0 Å². The van der Waals surface area contributed by atoms with Crippen molar-refractivity contribution in [1.29, 1.82) is 0 Å². The molecule has 2 aliphatic carbocycles. The zero-order valence-corrected chi connectivity index (χ0v) is 10.6. The molecule has 0 aromatic heterocycles. The van der Waals surface area contributed by atoms with Crippen LogP contribution in [-0.2, 0) is 0 Å². The van der Waals surface area contributed by atoms with Crippen LogP contribution in [0.4, 0.5) is 0 Å². The first-order chi connectivity index (χ1) is 6.75. The molecule has 0 bridgehead atoms. The average Bonchev–Trinajstić information content (AvgIpc) is 2.21. The Bertz CT molecular complexity index is 321. The Kier molecular flexibility index (Phi) is 3.37. The van der Waals surface area contributed by atoms with Crippen molar-refractivity contribution in [2.45, 2.75) is 25.7 Å². The van der Waals surface area contributed by atoms with Crippen LogP contribution in [0, 0.1) is 0 Å². The minimum absolute atomic E-state index is 1.20. The van der Waals surface area contributed by atoms with Gasteiger partial charge >= 0.3 is 0 Å². The summed E-state index contributed by atoms with van der Waals surface area (Å²) in [6.07, 6.45) is 13.8. The second-order valence-electron chi connectivity index (χ2n) is 3.87. The van der Waals surface area contributed by atoms with Crippen molar-refractivity contribution in [1.82, 2.24) is 0 Å². The van der Waals surface area contributed by atoms with E-state index in [-0.39, 0.29) is 0 Å². The van der Waals surface area contributed by atoms with Gasteiger partial charge in [-0.05, 0) is 36.8 Å². The third kappa shape index (κ3) is 2.44. The number of allylic oxidation sites excluding steroid dienone is 8. The molecule has 14 heavy (non-hydrogen) atoms. The van der Waals surface area contributed by atoms with E-state index in [0.717, 1.165) is 0 Å². The van der Waals surface area contributed by atoms with Gasteiger partial charge in [-0.15, -0.1) is 18.5 Å². The van der Waals surface area contributed by atoms with E-state index >= 15 is 0 Å². The molecule has 2 aliphatic rings. The molecule has 0 saturated carbocycles. The lowest BCUT2D eigenvalue weighted by atomic mass is 9.91. The molecule has 0 aromatic carbocycles. The second kappa shape index (κ2) is 4.56. The summed E-state index contributed by atoms with van der Waals surface area (Å²) in [5.41, 5.74) is 3.06. The van der Waals surface area contributed by atoms with E-state index in [1.165, 1.54) is 47.5 Å². The van der Waals surface area contributed by atoms with E-state index in [1.54, 1.807) is 0 Å². The van der Waals surface area contributed by atoms with Crippen molar-refractivity contribution >= 4 is 18.5 Å². The Morgan fingerprint density at radius 3 is 1.36 bits per heavy atom. The Balaban J connectivity index is 2.17. The predicted molar refractivity (Wildman–Crippen MR) is 70.2 cm³/mol. The van der Waals surface area contributed by atoms with Gasteiger partial charge in [0.2, 0.25) is 0 Å². The second-order valence-corrected chi connectivity index (χ2v) is 5.35. The molecule has 0 aliphatic heterocycles. The van der Waals surface area contributed by atoms with Crippen molar-refractivity contribution in [2.24, 2.45) is 0 Å². The molecule has 0 aromatic rings. The molecule has 0 heterocycles. The van der Waals surface area contributed by atoms with Crippen molar-refractivity contribution in [2.75, 3.05) is 0 Å². The Labute approximate surface area is 90.6 Å². The third-order valence-corrected chi connectivity index (χ3v) is 3.74. The van der Waals surface area contributed by atoms with Crippen LogP contribution in [0.5, 0.6) is 0 Å². The average molecular weight is 222 g/mol. The van der Waals surface area contributed by atoms with Gasteiger partial charge in [0.15, 0.2) is 0 Å². The van der Waals surface area contributed by atoms with Gasteiger partial charge in [0.25, 0.3) is 0 Å². The van der Waals surface area contributed by atoms with Crippen molar-refractivity contribution < 1.29 is 0 Å². The van der Waals surface area contributed by atoms with Crippen LogP contribution in [0.3, 0.4) is 0 Å². The number of hydrogen-bond acceptors (Lipinski definition) is 0. The van der Waals surface area contributed by atoms with Gasteiger partial charge in [0.1, 0.15) is 0 Å². The molecule has 2 unspecified atom stereocenters. The molecule has 2 rings (SSSR count). The smallest absolute Gasteiger partial charge is 0.0235 e. The van der Waals surface area contributed by atoms with Gasteiger partial charge in [-0.1, -0.05) is 34.9 Å². The van der Waals surface area contributed by atoms with Crippen molar-refractivity contribution in [3.63, 3.8) is 0 Å². The summed E-state index contributed by atoms with van der Waals surface area (Å²) in [5.74, 6) is 0. The zero-order chi connectivity index (χ0) is 9.97. The fourth-order valence-corrected chi connectivity index (χ4v) is 2.32. The SMILES string of the molecule is PC1=CC=C(C2=CC=C(P)CC2)CC1. The molecule has 74 valence electrons. The zero-order valence-electron chi connectivity index (χ0n) is 8.29. The molecular weight excluding hydrogens is 206 g/mol. The summed E-state index contributed by atoms with van der Waals surface area (Å²) in [6.45, 7) is 0. The summed E-state index contributed by atoms with van der Waals surface area (Å²) in [6, 6.07) is 0. The van der Waals surface area contributed by atoms with Crippen LogP contribution < -0.4 is 0 Å². The van der Waals surface area contributed by atoms with E-state index in [9.17, 15) is 0 Å². The predicted octanol–water partition coefficient (Wildman–Crippen LogP) is 3.94. The van der Waals surface area contributed by atoms with Gasteiger partial charge in [-0.2, -0.15) is 0 Å². The highest BCUT2D eigenvalue weighted by molar-refractivity contribution is 7.22. The van der Waals surface area contributed by atoms with Crippen LogP contribution in [0.25, 0.3) is 0 Å². The van der Waals surface area contributed by atoms with Crippen LogP contribution in [0.1, 0.15) is 25.7 Å². The van der Waals surface area contributed by atoms with E-state index in [1.807, 2.05) is 0 Å². The Morgan fingerprint density at radius 2 is 1.07 bits per heavy atom. The maximum Gasteiger partial charge on any atom is -0.0235 e. The molecule has 0 N–H and O–H groups in total. The van der Waals surface area contributed by atoms with Crippen LogP contribution >= 0.6 is 18.5 Å². The van der Waals surface area contributed by atoms with Crippen molar-refractivity contribution in [3.05, 3.63) is 46.1 Å². The number of hydrogen-bond donors (Lipinski definition) is 0. The van der Waals surface area contributed by atoms with Crippen LogP contribution in [0.2, 0.25) is 0 Å². The minimum atomic E-state index is 1.20. The molecular formula is C12H16P2. The fourth-order valence-electron chi connectivity index (χ4n) is 1.84. The maximum absolute atomic E-state index is 2.80. The van der Waals surface area contributed by atoms with Gasteiger partial charge < -0.3 is 0 Å². The first-order valence-electron chi connectivity index (χ1n) is 5.06. The molecule has 0 saturated heterocycles. The topological polar surface area (TPSA) is 0 Å². The van der Waals surface area contributed by atoms with Gasteiger partial charge in [0.05, 0.1) is 0 Å². The number of rotatable bonds is 1. The minimum Gasteiger partial charge on any atom is -0.110 e. The quantitative estimate of drug-likeness (QED) is 0.589. The molecule has 2 atom stereocenters. The van der Waals surface area contributed by atoms with Gasteiger partial charge in [-0.3, -0.25) is 0 Å². The highest BCUT2D eigenvalue weighted by Gasteiger charge is 2.10. The van der Waals surface area contributed by atoms with E-state index < -0.39 is 0 Å². The summed E-state index contributed by atoms with van der Waals surface area (Å²) in [5, 5.41) is 2.85.